The standard InChI is InChI=1S/C29H36F3N5O2/c1-28(2,3)22-10-8-21(9-11-22)25-36(4)24(14-18-35-27-33-16-5-17-34-27)26(38)37(25)19-15-20-6-12-23(13-7-20)39-29(30,31)32/h5-10,12-13,16-17,22,24-25H,11,14-15,18-19H2,1-4H3,(H,33,34,35). The van der Waals surface area contributed by atoms with E-state index < -0.39 is 6.36 Å². The van der Waals surface area contributed by atoms with Crippen LogP contribution in [-0.4, -0.2) is 64.4 Å². The van der Waals surface area contributed by atoms with Crippen LogP contribution in [0.1, 0.15) is 39.2 Å². The molecular formula is C29H36F3N5O2. The van der Waals surface area contributed by atoms with Gasteiger partial charge in [0.2, 0.25) is 11.9 Å². The van der Waals surface area contributed by atoms with Gasteiger partial charge in [0.05, 0.1) is 6.04 Å². The maximum absolute atomic E-state index is 13.7. The lowest BCUT2D eigenvalue weighted by Crippen LogP contribution is -2.41. The third-order valence-corrected chi connectivity index (χ3v) is 7.34. The molecule has 1 N–H and O–H groups in total. The first-order valence-electron chi connectivity index (χ1n) is 13.2. The van der Waals surface area contributed by atoms with Crippen molar-refractivity contribution in [3.8, 4) is 5.75 Å². The van der Waals surface area contributed by atoms with Crippen molar-refractivity contribution in [2.75, 3.05) is 25.5 Å². The third-order valence-electron chi connectivity index (χ3n) is 7.34. The van der Waals surface area contributed by atoms with Crippen LogP contribution in [0.4, 0.5) is 19.1 Å². The smallest absolute Gasteiger partial charge is 0.406 e. The van der Waals surface area contributed by atoms with Crippen molar-refractivity contribution in [3.63, 3.8) is 0 Å². The summed E-state index contributed by atoms with van der Waals surface area (Å²) in [7, 11) is 1.97. The number of aromatic nitrogens is 2. The molecule has 0 saturated carbocycles. The van der Waals surface area contributed by atoms with Crippen molar-refractivity contribution in [1.29, 1.82) is 0 Å². The van der Waals surface area contributed by atoms with Crippen molar-refractivity contribution in [1.82, 2.24) is 19.8 Å². The first-order chi connectivity index (χ1) is 18.4. The summed E-state index contributed by atoms with van der Waals surface area (Å²) in [5, 5.41) is 3.18. The average molecular weight is 544 g/mol. The number of anilines is 1. The molecule has 1 aromatic heterocycles. The van der Waals surface area contributed by atoms with Crippen LogP contribution in [-0.2, 0) is 11.2 Å². The van der Waals surface area contributed by atoms with E-state index in [4.69, 9.17) is 0 Å². The molecule has 1 amide bonds. The Labute approximate surface area is 227 Å². The summed E-state index contributed by atoms with van der Waals surface area (Å²) in [6, 6.07) is 7.23. The molecular weight excluding hydrogens is 507 g/mol. The molecule has 2 heterocycles. The van der Waals surface area contributed by atoms with Crippen LogP contribution in [0, 0.1) is 11.3 Å². The van der Waals surface area contributed by atoms with Gasteiger partial charge in [0, 0.05) is 25.5 Å². The van der Waals surface area contributed by atoms with E-state index in [1.807, 2.05) is 11.9 Å². The van der Waals surface area contributed by atoms with Crippen molar-refractivity contribution in [2.45, 2.75) is 58.6 Å². The number of benzene rings is 1. The topological polar surface area (TPSA) is 70.6 Å². The zero-order chi connectivity index (χ0) is 28.2. The first kappa shape index (κ1) is 28.6. The summed E-state index contributed by atoms with van der Waals surface area (Å²) in [4.78, 5) is 26.1. The number of alkyl halides is 3. The van der Waals surface area contributed by atoms with Gasteiger partial charge < -0.3 is 15.0 Å². The number of rotatable bonds is 9. The molecule has 1 aliphatic carbocycles. The molecule has 4 rings (SSSR count). The lowest BCUT2D eigenvalue weighted by atomic mass is 9.76. The quantitative estimate of drug-likeness (QED) is 0.455. The molecule has 1 fully saturated rings. The summed E-state index contributed by atoms with van der Waals surface area (Å²) < 4.78 is 41.5. The van der Waals surface area contributed by atoms with Crippen LogP contribution in [0.15, 0.2) is 66.5 Å². The summed E-state index contributed by atoms with van der Waals surface area (Å²) in [6.07, 6.45) is 6.97. The van der Waals surface area contributed by atoms with E-state index in [2.05, 4.69) is 63.9 Å². The van der Waals surface area contributed by atoms with E-state index in [1.165, 1.54) is 12.1 Å². The predicted molar refractivity (Wildman–Crippen MR) is 144 cm³/mol. The largest absolute Gasteiger partial charge is 0.573 e. The van der Waals surface area contributed by atoms with E-state index in [1.54, 1.807) is 30.6 Å². The third kappa shape index (κ3) is 7.38. The van der Waals surface area contributed by atoms with E-state index >= 15 is 0 Å². The number of nitrogens with one attached hydrogen (secondary N) is 1. The second-order valence-corrected chi connectivity index (χ2v) is 11.1. The highest BCUT2D eigenvalue weighted by Gasteiger charge is 2.44. The molecule has 10 heteroatoms. The number of carbonyl (C=O) groups excluding carboxylic acids is 1. The number of likely N-dealkylation sites (N-methyl/N-ethyl adjacent to an activating group) is 1. The monoisotopic (exact) mass is 543 g/mol. The molecule has 210 valence electrons. The predicted octanol–water partition coefficient (Wildman–Crippen LogP) is 5.44. The number of amides is 1. The van der Waals surface area contributed by atoms with E-state index in [0.717, 1.165) is 17.6 Å². The minimum Gasteiger partial charge on any atom is -0.406 e. The highest BCUT2D eigenvalue weighted by molar-refractivity contribution is 5.85. The van der Waals surface area contributed by atoms with Gasteiger partial charge in [-0.25, -0.2) is 9.97 Å². The van der Waals surface area contributed by atoms with Gasteiger partial charge in [0.15, 0.2) is 0 Å². The molecule has 1 saturated heterocycles. The number of allylic oxidation sites excluding steroid dienone is 2. The van der Waals surface area contributed by atoms with Crippen LogP contribution < -0.4 is 10.1 Å². The zero-order valence-corrected chi connectivity index (χ0v) is 22.8. The maximum atomic E-state index is 13.7. The summed E-state index contributed by atoms with van der Waals surface area (Å²) in [5.41, 5.74) is 2.05. The van der Waals surface area contributed by atoms with Crippen LogP contribution in [0.2, 0.25) is 0 Å². The number of hydrogen-bond acceptors (Lipinski definition) is 6. The van der Waals surface area contributed by atoms with Crippen LogP contribution in [0.25, 0.3) is 0 Å². The SMILES string of the molecule is CN1C(CCNc2ncccn2)C(=O)N(CCc2ccc(OC(F)(F)F)cc2)C1C1=CCC(C(C)(C)C)C=C1. The molecule has 3 unspecified atom stereocenters. The number of ether oxygens (including phenoxy) is 1. The molecule has 7 nitrogen and oxygen atoms in total. The molecule has 0 spiro atoms. The van der Waals surface area contributed by atoms with E-state index in [-0.39, 0.29) is 29.3 Å². The van der Waals surface area contributed by atoms with Gasteiger partial charge in [0.1, 0.15) is 11.9 Å². The van der Waals surface area contributed by atoms with Gasteiger partial charge in [-0.1, -0.05) is 51.1 Å². The van der Waals surface area contributed by atoms with Gasteiger partial charge in [0.25, 0.3) is 0 Å². The van der Waals surface area contributed by atoms with Crippen molar-refractivity contribution in [2.24, 2.45) is 11.3 Å². The minimum absolute atomic E-state index is 0.0301. The molecule has 2 aromatic rings. The highest BCUT2D eigenvalue weighted by atomic mass is 19.4. The normalized spacial score (nSPS) is 22.2. The van der Waals surface area contributed by atoms with Gasteiger partial charge in [-0.15, -0.1) is 13.2 Å². The Hall–Kier alpha value is -3.40. The fourth-order valence-electron chi connectivity index (χ4n) is 5.14. The molecule has 0 bridgehead atoms. The highest BCUT2D eigenvalue weighted by Crippen LogP contribution is 2.36. The molecule has 3 atom stereocenters. The zero-order valence-electron chi connectivity index (χ0n) is 22.8. The molecule has 0 radical (unpaired) electrons. The van der Waals surface area contributed by atoms with Gasteiger partial charge in [-0.05, 0) is 67.0 Å². The summed E-state index contributed by atoms with van der Waals surface area (Å²) >= 11 is 0. The maximum Gasteiger partial charge on any atom is 0.573 e. The second-order valence-electron chi connectivity index (χ2n) is 11.1. The molecule has 1 aliphatic heterocycles. The molecule has 1 aromatic carbocycles. The van der Waals surface area contributed by atoms with Gasteiger partial charge in [-0.2, -0.15) is 0 Å². The van der Waals surface area contributed by atoms with E-state index in [0.29, 0.717) is 37.8 Å². The fraction of sp³-hybridized carbons (Fsp3) is 0.483. The Morgan fingerprint density at radius 2 is 1.79 bits per heavy atom. The Balaban J connectivity index is 1.48. The van der Waals surface area contributed by atoms with Crippen LogP contribution in [0.3, 0.4) is 0 Å². The van der Waals surface area contributed by atoms with Crippen LogP contribution >= 0.6 is 0 Å². The Morgan fingerprint density at radius 3 is 2.38 bits per heavy atom. The van der Waals surface area contributed by atoms with Crippen molar-refractivity contribution < 1.29 is 22.7 Å². The number of nitrogens with zero attached hydrogens (tertiary/aromatic N) is 4. The van der Waals surface area contributed by atoms with Gasteiger partial charge >= 0.3 is 6.36 Å². The minimum atomic E-state index is -4.73. The molecule has 39 heavy (non-hydrogen) atoms. The van der Waals surface area contributed by atoms with Crippen molar-refractivity contribution >= 4 is 11.9 Å². The number of halogens is 3. The Bertz CT molecular complexity index is 1180. The Kier molecular flexibility index (Phi) is 8.64. The van der Waals surface area contributed by atoms with E-state index in [9.17, 15) is 18.0 Å². The van der Waals surface area contributed by atoms with Crippen LogP contribution in [0.5, 0.6) is 5.75 Å². The summed E-state index contributed by atoms with van der Waals surface area (Å²) in [6.45, 7) is 7.65. The lowest BCUT2D eigenvalue weighted by molar-refractivity contribution is -0.274. The lowest BCUT2D eigenvalue weighted by Gasteiger charge is -2.34. The van der Waals surface area contributed by atoms with Gasteiger partial charge in [-0.3, -0.25) is 9.69 Å². The Morgan fingerprint density at radius 1 is 1.10 bits per heavy atom. The number of hydrogen-bond donors (Lipinski definition) is 1. The van der Waals surface area contributed by atoms with Crippen molar-refractivity contribution in [3.05, 3.63) is 72.1 Å². The fourth-order valence-corrected chi connectivity index (χ4v) is 5.14. The summed E-state index contributed by atoms with van der Waals surface area (Å²) in [5.74, 6) is 0.702. The second kappa shape index (κ2) is 11.8. The average Bonchev–Trinajstić information content (AvgIpc) is 3.12. The first-order valence-corrected chi connectivity index (χ1v) is 13.2. The molecule has 2 aliphatic rings. The number of carbonyl (C=O) groups is 1.